The molecule has 1 fully saturated rings. The fourth-order valence-electron chi connectivity index (χ4n) is 3.18. The zero-order valence-corrected chi connectivity index (χ0v) is 15.5. The van der Waals surface area contributed by atoms with Crippen LogP contribution in [0, 0.1) is 11.8 Å². The van der Waals surface area contributed by atoms with Gasteiger partial charge in [-0.2, -0.15) is 13.2 Å². The van der Waals surface area contributed by atoms with Gasteiger partial charge in [0.15, 0.2) is 0 Å². The molecule has 0 atom stereocenters. The Morgan fingerprint density at radius 3 is 2.42 bits per heavy atom. The number of amides is 1. The maximum atomic E-state index is 13.0. The number of carbonyl (C=O) groups excluding carboxylic acids is 2. The summed E-state index contributed by atoms with van der Waals surface area (Å²) in [6.07, 6.45) is -3.94. The molecule has 9 heteroatoms. The Morgan fingerprint density at radius 2 is 1.88 bits per heavy atom. The molecule has 1 aliphatic carbocycles. The Labute approximate surface area is 154 Å². The monoisotopic (exact) mass is 393 g/mol. The van der Waals surface area contributed by atoms with Crippen LogP contribution in [0.25, 0.3) is 0 Å². The molecular formula is C17H22F3NO4S. The lowest BCUT2D eigenvalue weighted by atomic mass is 9.81. The first-order valence-electron chi connectivity index (χ1n) is 8.32. The van der Waals surface area contributed by atoms with Crippen LogP contribution in [0.1, 0.15) is 35.4 Å². The largest absolute Gasteiger partial charge is 0.465 e. The standard InChI is InChI=1S/C17H22F3NO4S/c1-24-9-8-21(13-7-10-26-14(13)16(23)25-2)15(22)11-3-5-12(6-4-11)17(18,19)20/h7,10-12H,3-6,8-9H2,1-2H3. The van der Waals surface area contributed by atoms with Gasteiger partial charge < -0.3 is 14.4 Å². The van der Waals surface area contributed by atoms with Gasteiger partial charge in [0.05, 0.1) is 25.3 Å². The number of nitrogens with zero attached hydrogens (tertiary/aromatic N) is 1. The van der Waals surface area contributed by atoms with Crippen molar-refractivity contribution in [2.75, 3.05) is 32.3 Å². The third-order valence-corrected chi connectivity index (χ3v) is 5.51. The van der Waals surface area contributed by atoms with Gasteiger partial charge in [0.2, 0.25) is 5.91 Å². The highest BCUT2D eigenvalue weighted by Crippen LogP contribution is 2.40. The van der Waals surface area contributed by atoms with Gasteiger partial charge >= 0.3 is 12.1 Å². The molecule has 26 heavy (non-hydrogen) atoms. The SMILES string of the molecule is COCCN(C(=O)C1CCC(C(F)(F)F)CC1)c1ccsc1C(=O)OC. The summed E-state index contributed by atoms with van der Waals surface area (Å²) in [6.45, 7) is 0.468. The molecule has 0 spiro atoms. The molecule has 0 N–H and O–H groups in total. The third kappa shape index (κ3) is 4.76. The van der Waals surface area contributed by atoms with Crippen molar-refractivity contribution in [2.24, 2.45) is 11.8 Å². The summed E-state index contributed by atoms with van der Waals surface area (Å²) in [4.78, 5) is 26.6. The van der Waals surface area contributed by atoms with Crippen LogP contribution in [0.4, 0.5) is 18.9 Å². The lowest BCUT2D eigenvalue weighted by Crippen LogP contribution is -2.41. The zero-order chi connectivity index (χ0) is 19.3. The van der Waals surface area contributed by atoms with Crippen molar-refractivity contribution in [2.45, 2.75) is 31.9 Å². The molecule has 1 saturated carbocycles. The molecular weight excluding hydrogens is 371 g/mol. The van der Waals surface area contributed by atoms with Gasteiger partial charge in [0.1, 0.15) is 4.88 Å². The van der Waals surface area contributed by atoms with Crippen molar-refractivity contribution in [3.8, 4) is 0 Å². The van der Waals surface area contributed by atoms with Gasteiger partial charge in [-0.05, 0) is 37.1 Å². The first kappa shape index (κ1) is 20.7. The number of anilines is 1. The number of ether oxygens (including phenoxy) is 2. The van der Waals surface area contributed by atoms with E-state index in [4.69, 9.17) is 9.47 Å². The maximum absolute atomic E-state index is 13.0. The quantitative estimate of drug-likeness (QED) is 0.689. The van der Waals surface area contributed by atoms with Gasteiger partial charge in [-0.3, -0.25) is 4.79 Å². The maximum Gasteiger partial charge on any atom is 0.391 e. The van der Waals surface area contributed by atoms with Crippen molar-refractivity contribution in [1.29, 1.82) is 0 Å². The van der Waals surface area contributed by atoms with Crippen LogP contribution in [0.15, 0.2) is 11.4 Å². The van der Waals surface area contributed by atoms with Crippen LogP contribution in [0.3, 0.4) is 0 Å². The van der Waals surface area contributed by atoms with E-state index in [0.717, 1.165) is 11.3 Å². The van der Waals surface area contributed by atoms with E-state index in [9.17, 15) is 22.8 Å². The van der Waals surface area contributed by atoms with E-state index in [0.29, 0.717) is 10.6 Å². The van der Waals surface area contributed by atoms with Crippen molar-refractivity contribution >= 4 is 28.9 Å². The summed E-state index contributed by atoms with van der Waals surface area (Å²) in [5.41, 5.74) is 0.418. The lowest BCUT2D eigenvalue weighted by molar-refractivity contribution is -0.184. The number of alkyl halides is 3. The molecule has 0 unspecified atom stereocenters. The summed E-state index contributed by atoms with van der Waals surface area (Å²) < 4.78 is 48.3. The van der Waals surface area contributed by atoms with Crippen LogP contribution in [-0.2, 0) is 14.3 Å². The summed E-state index contributed by atoms with van der Waals surface area (Å²) in [5.74, 6) is -2.65. The van der Waals surface area contributed by atoms with Gasteiger partial charge in [-0.15, -0.1) is 11.3 Å². The van der Waals surface area contributed by atoms with Crippen molar-refractivity contribution in [3.05, 3.63) is 16.3 Å². The predicted molar refractivity (Wildman–Crippen MR) is 91.4 cm³/mol. The average Bonchev–Trinajstić information content (AvgIpc) is 3.10. The van der Waals surface area contributed by atoms with Crippen LogP contribution < -0.4 is 4.90 Å². The molecule has 1 aromatic rings. The van der Waals surface area contributed by atoms with E-state index in [1.807, 2.05) is 0 Å². The van der Waals surface area contributed by atoms with Crippen molar-refractivity contribution in [1.82, 2.24) is 0 Å². The summed E-state index contributed by atoms with van der Waals surface area (Å²) in [6, 6.07) is 1.64. The molecule has 2 rings (SSSR count). The molecule has 0 saturated heterocycles. The molecule has 1 aromatic heterocycles. The highest BCUT2D eigenvalue weighted by atomic mass is 32.1. The first-order valence-corrected chi connectivity index (χ1v) is 9.20. The number of hydrogen-bond donors (Lipinski definition) is 0. The second kappa shape index (κ2) is 8.85. The minimum Gasteiger partial charge on any atom is -0.465 e. The van der Waals surface area contributed by atoms with Crippen molar-refractivity contribution in [3.63, 3.8) is 0 Å². The topological polar surface area (TPSA) is 55.8 Å². The van der Waals surface area contributed by atoms with Crippen LogP contribution in [0.5, 0.6) is 0 Å². The van der Waals surface area contributed by atoms with Gasteiger partial charge in [-0.25, -0.2) is 4.79 Å². The fraction of sp³-hybridized carbons (Fsp3) is 0.647. The van der Waals surface area contributed by atoms with Crippen LogP contribution in [0.2, 0.25) is 0 Å². The molecule has 5 nitrogen and oxygen atoms in total. The Morgan fingerprint density at radius 1 is 1.23 bits per heavy atom. The third-order valence-electron chi connectivity index (χ3n) is 4.63. The van der Waals surface area contributed by atoms with E-state index in [2.05, 4.69) is 0 Å². The first-order chi connectivity index (χ1) is 12.3. The molecule has 146 valence electrons. The molecule has 1 amide bonds. The molecule has 1 aliphatic rings. The van der Waals surface area contributed by atoms with Gasteiger partial charge in [0.25, 0.3) is 0 Å². The van der Waals surface area contributed by atoms with Crippen LogP contribution >= 0.6 is 11.3 Å². The number of rotatable bonds is 6. The highest BCUT2D eigenvalue weighted by molar-refractivity contribution is 7.12. The number of halogens is 3. The Balaban J connectivity index is 2.16. The summed E-state index contributed by atoms with van der Waals surface area (Å²) in [7, 11) is 2.75. The minimum absolute atomic E-state index is 0.0501. The molecule has 0 bridgehead atoms. The average molecular weight is 393 g/mol. The van der Waals surface area contributed by atoms with Crippen LogP contribution in [-0.4, -0.2) is 45.4 Å². The molecule has 1 heterocycles. The highest BCUT2D eigenvalue weighted by Gasteiger charge is 2.43. The number of carbonyl (C=O) groups is 2. The normalized spacial score (nSPS) is 20.7. The lowest BCUT2D eigenvalue weighted by Gasteiger charge is -2.32. The van der Waals surface area contributed by atoms with E-state index in [1.54, 1.807) is 11.4 Å². The Bertz CT molecular complexity index is 624. The fourth-order valence-corrected chi connectivity index (χ4v) is 3.99. The van der Waals surface area contributed by atoms with E-state index < -0.39 is 24.0 Å². The Kier molecular flexibility index (Phi) is 7.05. The zero-order valence-electron chi connectivity index (χ0n) is 14.7. The van der Waals surface area contributed by atoms with E-state index in [1.165, 1.54) is 19.1 Å². The molecule has 0 radical (unpaired) electrons. The summed E-state index contributed by atoms with van der Waals surface area (Å²) >= 11 is 1.15. The smallest absolute Gasteiger partial charge is 0.391 e. The van der Waals surface area contributed by atoms with Crippen molar-refractivity contribution < 1.29 is 32.2 Å². The minimum atomic E-state index is -4.21. The molecule has 0 aromatic carbocycles. The Hall–Kier alpha value is -1.61. The van der Waals surface area contributed by atoms with Gasteiger partial charge in [0, 0.05) is 19.6 Å². The number of esters is 1. The van der Waals surface area contributed by atoms with E-state index >= 15 is 0 Å². The number of methoxy groups -OCH3 is 2. The number of thiophene rings is 1. The molecule has 0 aliphatic heterocycles. The predicted octanol–water partition coefficient (Wildman–Crippen LogP) is 3.88. The van der Waals surface area contributed by atoms with E-state index in [-0.39, 0.29) is 44.7 Å². The van der Waals surface area contributed by atoms with Gasteiger partial charge in [-0.1, -0.05) is 0 Å². The second-order valence-corrected chi connectivity index (χ2v) is 7.12. The number of hydrogen-bond acceptors (Lipinski definition) is 5. The summed E-state index contributed by atoms with van der Waals surface area (Å²) in [5, 5.41) is 1.68. The second-order valence-electron chi connectivity index (χ2n) is 6.20.